The van der Waals surface area contributed by atoms with Crippen LogP contribution in [-0.2, 0) is 10.6 Å². The average molecular weight is 170 g/mol. The van der Waals surface area contributed by atoms with E-state index in [9.17, 15) is 4.21 Å². The molecule has 11 heavy (non-hydrogen) atoms. The number of nitrogen functional groups attached to an aromatic ring is 1. The Balaban J connectivity index is 3.00. The van der Waals surface area contributed by atoms with Crippen molar-refractivity contribution in [2.75, 3.05) is 12.0 Å². The van der Waals surface area contributed by atoms with Crippen LogP contribution in [0.4, 0.5) is 11.4 Å². The summed E-state index contributed by atoms with van der Waals surface area (Å²) < 4.78 is 14.5. The summed E-state index contributed by atoms with van der Waals surface area (Å²) in [7, 11) is -1.45. The Morgan fingerprint density at radius 1 is 1.36 bits per heavy atom. The first kappa shape index (κ1) is 8.07. The third kappa shape index (κ3) is 2.59. The molecule has 1 aromatic rings. The molecule has 1 rings (SSSR count). The average Bonchev–Trinajstić information content (AvgIpc) is 1.93. The highest BCUT2D eigenvalue weighted by Crippen LogP contribution is 2.13. The van der Waals surface area contributed by atoms with Crippen molar-refractivity contribution in [3.8, 4) is 0 Å². The monoisotopic (exact) mass is 170 g/mol. The van der Waals surface area contributed by atoms with E-state index in [4.69, 9.17) is 5.73 Å². The maximum Gasteiger partial charge on any atom is 0.0729 e. The quantitative estimate of drug-likeness (QED) is 0.491. The number of hydrogen-bond donors (Lipinski definition) is 2. The van der Waals surface area contributed by atoms with Crippen LogP contribution < -0.4 is 5.73 Å². The topological polar surface area (TPSA) is 55.5 Å². The Morgan fingerprint density at radius 2 is 1.91 bits per heavy atom. The third-order valence-corrected chi connectivity index (χ3v) is 1.66. The second-order valence-corrected chi connectivity index (χ2v) is 3.28. The second kappa shape index (κ2) is 3.39. The highest BCUT2D eigenvalue weighted by atomic mass is 32.2. The van der Waals surface area contributed by atoms with E-state index < -0.39 is 10.6 Å². The van der Waals surface area contributed by atoms with Gasteiger partial charge in [-0.25, -0.2) is 4.36 Å². The number of nitrogens with zero attached hydrogens (tertiary/aromatic N) is 1. The number of hydrogen-bond acceptors (Lipinski definition) is 3. The Kier molecular flexibility index (Phi) is 2.48. The lowest BCUT2D eigenvalue weighted by Crippen LogP contribution is -1.80. The SMILES string of the molecule is C/[SH](=O)=N/c1ccc(N)cc1. The largest absolute Gasteiger partial charge is 0.399 e. The molecule has 1 atom stereocenters. The summed E-state index contributed by atoms with van der Waals surface area (Å²) in [5.74, 6) is 0. The van der Waals surface area contributed by atoms with Gasteiger partial charge in [0, 0.05) is 22.5 Å². The molecule has 0 spiro atoms. The first-order valence-corrected chi connectivity index (χ1v) is 4.82. The maximum absolute atomic E-state index is 10.6. The molecular weight excluding hydrogens is 160 g/mol. The van der Waals surface area contributed by atoms with E-state index >= 15 is 0 Å². The fraction of sp³-hybridized carbons (Fsp3) is 0.143. The minimum Gasteiger partial charge on any atom is -0.399 e. The van der Waals surface area contributed by atoms with Gasteiger partial charge in [0.05, 0.1) is 5.69 Å². The maximum atomic E-state index is 10.6. The lowest BCUT2D eigenvalue weighted by atomic mass is 10.3. The van der Waals surface area contributed by atoms with E-state index in [1.165, 1.54) is 0 Å². The zero-order chi connectivity index (χ0) is 8.27. The van der Waals surface area contributed by atoms with Gasteiger partial charge in [0.2, 0.25) is 0 Å². The molecule has 3 nitrogen and oxygen atoms in total. The van der Waals surface area contributed by atoms with Crippen LogP contribution in [0.2, 0.25) is 0 Å². The summed E-state index contributed by atoms with van der Waals surface area (Å²) >= 11 is 0. The zero-order valence-corrected chi connectivity index (χ0v) is 7.08. The summed E-state index contributed by atoms with van der Waals surface area (Å²) in [5.41, 5.74) is 6.84. The lowest BCUT2D eigenvalue weighted by Gasteiger charge is -1.92. The molecular formula is C7H10N2OS. The van der Waals surface area contributed by atoms with Crippen LogP contribution in [0.3, 0.4) is 0 Å². The fourth-order valence-electron chi connectivity index (χ4n) is 0.704. The molecule has 0 amide bonds. The smallest absolute Gasteiger partial charge is 0.0729 e. The van der Waals surface area contributed by atoms with E-state index in [1.54, 1.807) is 30.5 Å². The van der Waals surface area contributed by atoms with Crippen molar-refractivity contribution in [2.24, 2.45) is 4.36 Å². The number of benzene rings is 1. The van der Waals surface area contributed by atoms with E-state index in [0.29, 0.717) is 11.4 Å². The molecule has 60 valence electrons. The third-order valence-electron chi connectivity index (χ3n) is 1.15. The van der Waals surface area contributed by atoms with Crippen molar-refractivity contribution in [3.05, 3.63) is 24.3 Å². The van der Waals surface area contributed by atoms with Crippen molar-refractivity contribution >= 4 is 22.0 Å². The Hall–Kier alpha value is -1.03. The van der Waals surface area contributed by atoms with Crippen LogP contribution in [0, 0.1) is 0 Å². The van der Waals surface area contributed by atoms with Gasteiger partial charge in [0.15, 0.2) is 0 Å². The molecule has 0 bridgehead atoms. The van der Waals surface area contributed by atoms with Crippen LogP contribution in [0.1, 0.15) is 0 Å². The van der Waals surface area contributed by atoms with Crippen molar-refractivity contribution in [1.82, 2.24) is 0 Å². The van der Waals surface area contributed by atoms with Gasteiger partial charge >= 0.3 is 0 Å². The first-order chi connectivity index (χ1) is 5.18. The normalized spacial score (nSPS) is 13.2. The van der Waals surface area contributed by atoms with E-state index in [0.717, 1.165) is 0 Å². The molecule has 0 radical (unpaired) electrons. The number of anilines is 1. The molecule has 0 aliphatic rings. The summed E-state index contributed by atoms with van der Waals surface area (Å²) in [5, 5.41) is 0. The molecule has 0 aliphatic carbocycles. The second-order valence-electron chi connectivity index (χ2n) is 2.16. The number of thiol groups is 1. The standard InChI is InChI=1S/C7H10N2OS/c1-11(10)9-7-4-2-6(8)3-5-7/h2-5,11H,8H2,1H3. The van der Waals surface area contributed by atoms with Gasteiger partial charge in [0.1, 0.15) is 0 Å². The van der Waals surface area contributed by atoms with E-state index in [-0.39, 0.29) is 0 Å². The predicted octanol–water partition coefficient (Wildman–Crippen LogP) is 1.19. The molecule has 2 N–H and O–H groups in total. The summed E-state index contributed by atoms with van der Waals surface area (Å²) in [6.07, 6.45) is 1.56. The van der Waals surface area contributed by atoms with Gasteiger partial charge in [-0.1, -0.05) is 0 Å². The predicted molar refractivity (Wildman–Crippen MR) is 48.4 cm³/mol. The Bertz CT molecular complexity index is 312. The van der Waals surface area contributed by atoms with Crippen LogP contribution in [-0.4, -0.2) is 10.5 Å². The van der Waals surface area contributed by atoms with E-state index in [1.807, 2.05) is 0 Å². The van der Waals surface area contributed by atoms with Gasteiger partial charge in [-0.05, 0) is 24.3 Å². The summed E-state index contributed by atoms with van der Waals surface area (Å²) in [4.78, 5) is 0. The van der Waals surface area contributed by atoms with Gasteiger partial charge in [-0.2, -0.15) is 0 Å². The minimum absolute atomic E-state index is 0.690. The highest BCUT2D eigenvalue weighted by Gasteiger charge is 1.86. The van der Waals surface area contributed by atoms with Gasteiger partial charge in [0.25, 0.3) is 0 Å². The van der Waals surface area contributed by atoms with Crippen molar-refractivity contribution in [2.45, 2.75) is 0 Å². The molecule has 0 saturated carbocycles. The van der Waals surface area contributed by atoms with Gasteiger partial charge in [-0.3, -0.25) is 4.21 Å². The Labute approximate surface area is 67.4 Å². The molecule has 0 heterocycles. The van der Waals surface area contributed by atoms with Crippen LogP contribution in [0.15, 0.2) is 28.6 Å². The van der Waals surface area contributed by atoms with Crippen LogP contribution >= 0.6 is 0 Å². The van der Waals surface area contributed by atoms with Crippen molar-refractivity contribution < 1.29 is 4.21 Å². The summed E-state index contributed by atoms with van der Waals surface area (Å²) in [6.45, 7) is 0. The van der Waals surface area contributed by atoms with Crippen molar-refractivity contribution in [1.29, 1.82) is 0 Å². The summed E-state index contributed by atoms with van der Waals surface area (Å²) in [6, 6.07) is 6.95. The minimum atomic E-state index is -1.45. The van der Waals surface area contributed by atoms with Gasteiger partial charge in [-0.15, -0.1) is 0 Å². The Morgan fingerprint density at radius 3 is 2.36 bits per heavy atom. The molecule has 1 aromatic carbocycles. The highest BCUT2D eigenvalue weighted by molar-refractivity contribution is 7.74. The van der Waals surface area contributed by atoms with Crippen LogP contribution in [0.25, 0.3) is 0 Å². The van der Waals surface area contributed by atoms with Gasteiger partial charge < -0.3 is 5.73 Å². The van der Waals surface area contributed by atoms with E-state index in [2.05, 4.69) is 4.36 Å². The number of rotatable bonds is 1. The molecule has 4 heteroatoms. The lowest BCUT2D eigenvalue weighted by molar-refractivity contribution is 0.692. The molecule has 0 saturated heterocycles. The molecule has 0 aliphatic heterocycles. The van der Waals surface area contributed by atoms with Crippen LogP contribution in [0.5, 0.6) is 0 Å². The molecule has 0 aromatic heterocycles. The van der Waals surface area contributed by atoms with Crippen molar-refractivity contribution in [3.63, 3.8) is 0 Å². The number of nitrogens with two attached hydrogens (primary N) is 1. The zero-order valence-electron chi connectivity index (χ0n) is 6.19. The molecule has 0 fully saturated rings. The molecule has 1 unspecified atom stereocenters. The fourth-order valence-corrected chi connectivity index (χ4v) is 1.16. The first-order valence-electron chi connectivity index (χ1n) is 3.16.